The maximum Gasteiger partial charge on any atom is 0.210 e. The Morgan fingerprint density at radius 3 is 2.45 bits per heavy atom. The van der Waals surface area contributed by atoms with Gasteiger partial charge in [0.05, 0.1) is 0 Å². The summed E-state index contributed by atoms with van der Waals surface area (Å²) >= 11 is 0. The third kappa shape index (κ3) is 3.50. The van der Waals surface area contributed by atoms with Crippen molar-refractivity contribution in [2.24, 2.45) is 5.41 Å². The second kappa shape index (κ2) is 7.28. The van der Waals surface area contributed by atoms with Crippen LogP contribution < -0.4 is 0 Å². The van der Waals surface area contributed by atoms with Crippen molar-refractivity contribution in [1.29, 1.82) is 0 Å². The summed E-state index contributed by atoms with van der Waals surface area (Å²) in [6, 6.07) is 10.6. The molecule has 1 heterocycles. The van der Waals surface area contributed by atoms with Crippen LogP contribution in [0.4, 0.5) is 0 Å². The van der Waals surface area contributed by atoms with Gasteiger partial charge in [-0.1, -0.05) is 70.2 Å². The summed E-state index contributed by atoms with van der Waals surface area (Å²) in [5, 5.41) is 0. The number of hydrogen-bond acceptors (Lipinski definition) is 1. The summed E-state index contributed by atoms with van der Waals surface area (Å²) in [4.78, 5) is 13.2. The minimum absolute atomic E-state index is 0.0188. The van der Waals surface area contributed by atoms with Crippen molar-refractivity contribution >= 4 is 6.41 Å². The summed E-state index contributed by atoms with van der Waals surface area (Å²) in [5.74, 6) is 0. The van der Waals surface area contributed by atoms with E-state index in [1.54, 1.807) is 0 Å². The van der Waals surface area contributed by atoms with E-state index in [1.165, 1.54) is 11.1 Å². The predicted octanol–water partition coefficient (Wildman–Crippen LogP) is 4.07. The molecule has 0 saturated carbocycles. The van der Waals surface area contributed by atoms with Gasteiger partial charge >= 0.3 is 0 Å². The molecule has 1 fully saturated rings. The fourth-order valence-corrected chi connectivity index (χ4v) is 2.73. The van der Waals surface area contributed by atoms with Gasteiger partial charge in [-0.25, -0.2) is 0 Å². The van der Waals surface area contributed by atoms with Gasteiger partial charge in [-0.05, 0) is 18.4 Å². The van der Waals surface area contributed by atoms with Crippen LogP contribution in [0.5, 0.6) is 0 Å². The van der Waals surface area contributed by atoms with E-state index in [9.17, 15) is 4.79 Å². The highest BCUT2D eigenvalue weighted by atomic mass is 16.1. The van der Waals surface area contributed by atoms with Crippen LogP contribution >= 0.6 is 0 Å². The number of carbonyl (C=O) groups excluding carboxylic acids is 1. The van der Waals surface area contributed by atoms with Crippen molar-refractivity contribution in [3.8, 4) is 0 Å². The molecule has 20 heavy (non-hydrogen) atoms. The Labute approximate surface area is 123 Å². The number of benzene rings is 1. The highest BCUT2D eigenvalue weighted by Gasteiger charge is 2.39. The van der Waals surface area contributed by atoms with Gasteiger partial charge in [0.25, 0.3) is 0 Å². The molecule has 2 rings (SSSR count). The second-order valence-corrected chi connectivity index (χ2v) is 5.62. The van der Waals surface area contributed by atoms with E-state index >= 15 is 0 Å². The van der Waals surface area contributed by atoms with E-state index in [1.807, 2.05) is 36.9 Å². The van der Waals surface area contributed by atoms with E-state index in [2.05, 4.69) is 32.6 Å². The predicted molar refractivity (Wildman–Crippen MR) is 85.6 cm³/mol. The topological polar surface area (TPSA) is 20.3 Å². The number of rotatable bonds is 3. The zero-order valence-corrected chi connectivity index (χ0v) is 13.2. The molecule has 0 radical (unpaired) electrons. The molecule has 1 aromatic rings. The van der Waals surface area contributed by atoms with E-state index in [0.717, 1.165) is 25.8 Å². The zero-order valence-electron chi connectivity index (χ0n) is 13.2. The van der Waals surface area contributed by atoms with Crippen LogP contribution in [0.15, 0.2) is 42.5 Å². The van der Waals surface area contributed by atoms with Crippen molar-refractivity contribution in [1.82, 2.24) is 4.90 Å². The fraction of sp³-hybridized carbons (Fsp3) is 0.500. The van der Waals surface area contributed by atoms with Crippen LogP contribution in [0.25, 0.3) is 0 Å². The summed E-state index contributed by atoms with van der Waals surface area (Å²) in [5.41, 5.74) is 2.51. The number of piperidine rings is 1. The standard InChI is InChI=1S/C16H21NO.C2H6/c1-13-9-10-17(12-18)15(16(13,2)3)11-14-7-5-4-6-8-14;1-2/h4-8,12,15H,1,9-11H2,2-3H3;1-2H3/t15-;/m1./s1. The minimum Gasteiger partial charge on any atom is -0.341 e. The van der Waals surface area contributed by atoms with Crippen LogP contribution in [0.1, 0.15) is 39.7 Å². The summed E-state index contributed by atoms with van der Waals surface area (Å²) in [6.07, 6.45) is 2.80. The Morgan fingerprint density at radius 2 is 1.90 bits per heavy atom. The van der Waals surface area contributed by atoms with Gasteiger partial charge in [0.15, 0.2) is 0 Å². The van der Waals surface area contributed by atoms with Gasteiger partial charge < -0.3 is 4.90 Å². The Morgan fingerprint density at radius 1 is 1.30 bits per heavy atom. The lowest BCUT2D eigenvalue weighted by atomic mass is 9.71. The molecule has 1 saturated heterocycles. The molecule has 110 valence electrons. The average Bonchev–Trinajstić information content (AvgIpc) is 2.48. The average molecular weight is 273 g/mol. The van der Waals surface area contributed by atoms with Crippen molar-refractivity contribution < 1.29 is 4.79 Å². The molecule has 1 atom stereocenters. The Bertz CT molecular complexity index is 436. The third-order valence-corrected chi connectivity index (χ3v) is 4.22. The number of hydrogen-bond donors (Lipinski definition) is 0. The zero-order chi connectivity index (χ0) is 15.2. The molecule has 1 aromatic carbocycles. The third-order valence-electron chi connectivity index (χ3n) is 4.22. The lowest BCUT2D eigenvalue weighted by Gasteiger charge is -2.46. The quantitative estimate of drug-likeness (QED) is 0.600. The van der Waals surface area contributed by atoms with Gasteiger partial charge in [-0.2, -0.15) is 0 Å². The van der Waals surface area contributed by atoms with Crippen LogP contribution in [-0.4, -0.2) is 23.9 Å². The van der Waals surface area contributed by atoms with Gasteiger partial charge in [-0.15, -0.1) is 0 Å². The molecule has 2 nitrogen and oxygen atoms in total. The van der Waals surface area contributed by atoms with Crippen molar-refractivity contribution in [3.63, 3.8) is 0 Å². The highest BCUT2D eigenvalue weighted by molar-refractivity contribution is 5.50. The Hall–Kier alpha value is -1.57. The maximum atomic E-state index is 11.3. The Balaban J connectivity index is 0.000000956. The van der Waals surface area contributed by atoms with Crippen molar-refractivity contribution in [2.45, 2.75) is 46.6 Å². The summed E-state index contributed by atoms with van der Waals surface area (Å²) < 4.78 is 0. The normalized spacial score (nSPS) is 20.9. The smallest absolute Gasteiger partial charge is 0.210 e. The summed E-state index contributed by atoms with van der Waals surface area (Å²) in [6.45, 7) is 13.4. The van der Waals surface area contributed by atoms with Gasteiger partial charge in [0.1, 0.15) is 0 Å². The molecular weight excluding hydrogens is 246 g/mol. The van der Waals surface area contributed by atoms with Crippen molar-refractivity contribution in [2.75, 3.05) is 6.54 Å². The van der Waals surface area contributed by atoms with Gasteiger partial charge in [0.2, 0.25) is 6.41 Å². The summed E-state index contributed by atoms with van der Waals surface area (Å²) in [7, 11) is 0. The Kier molecular flexibility index (Phi) is 6.00. The molecule has 1 aliphatic heterocycles. The molecule has 0 bridgehead atoms. The van der Waals surface area contributed by atoms with Crippen LogP contribution in [0.2, 0.25) is 0 Å². The van der Waals surface area contributed by atoms with Crippen LogP contribution in [0, 0.1) is 5.41 Å². The molecule has 1 amide bonds. The van der Waals surface area contributed by atoms with Crippen LogP contribution in [-0.2, 0) is 11.2 Å². The van der Waals surface area contributed by atoms with Gasteiger partial charge in [0, 0.05) is 18.0 Å². The molecule has 0 N–H and O–H groups in total. The van der Waals surface area contributed by atoms with E-state index in [0.29, 0.717) is 0 Å². The molecule has 1 aliphatic rings. The molecule has 0 aliphatic carbocycles. The monoisotopic (exact) mass is 273 g/mol. The van der Waals surface area contributed by atoms with E-state index in [-0.39, 0.29) is 11.5 Å². The highest BCUT2D eigenvalue weighted by Crippen LogP contribution is 2.39. The van der Waals surface area contributed by atoms with Crippen LogP contribution in [0.3, 0.4) is 0 Å². The molecule has 2 heteroatoms. The first-order valence-electron chi connectivity index (χ1n) is 7.49. The first-order chi connectivity index (χ1) is 9.55. The lowest BCUT2D eigenvalue weighted by Crippen LogP contribution is -2.51. The largest absolute Gasteiger partial charge is 0.341 e. The first-order valence-corrected chi connectivity index (χ1v) is 7.49. The number of likely N-dealkylation sites (tertiary alicyclic amines) is 1. The minimum atomic E-state index is -0.0188. The van der Waals surface area contributed by atoms with E-state index in [4.69, 9.17) is 0 Å². The lowest BCUT2D eigenvalue weighted by molar-refractivity contribution is -0.123. The number of carbonyl (C=O) groups is 1. The second-order valence-electron chi connectivity index (χ2n) is 5.62. The maximum absolute atomic E-state index is 11.3. The number of amides is 1. The molecule has 0 aromatic heterocycles. The van der Waals surface area contributed by atoms with Gasteiger partial charge in [-0.3, -0.25) is 4.79 Å². The fourth-order valence-electron chi connectivity index (χ4n) is 2.73. The SMILES string of the molecule is C=C1CCN(C=O)[C@H](Cc2ccccc2)C1(C)C.CC. The molecular formula is C18H27NO. The molecule has 0 spiro atoms. The first kappa shape index (κ1) is 16.5. The van der Waals surface area contributed by atoms with E-state index < -0.39 is 0 Å². The van der Waals surface area contributed by atoms with Crippen molar-refractivity contribution in [3.05, 3.63) is 48.0 Å². The molecule has 0 unspecified atom stereocenters. The number of nitrogens with zero attached hydrogens (tertiary/aromatic N) is 1.